The minimum atomic E-state index is -0.547. The van der Waals surface area contributed by atoms with Crippen LogP contribution >= 0.6 is 0 Å². The van der Waals surface area contributed by atoms with Crippen LogP contribution in [0.1, 0.15) is 31.9 Å². The van der Waals surface area contributed by atoms with Crippen LogP contribution in [0.15, 0.2) is 89.2 Å². The first-order valence-corrected chi connectivity index (χ1v) is 10.5. The van der Waals surface area contributed by atoms with Crippen molar-refractivity contribution in [3.05, 3.63) is 100 Å². The smallest absolute Gasteiger partial charge is 0.271 e. The SMILES string of the molecule is CC1=C(C#N)C(=O)N(Cc2ccccc2)C(=O)/C1=C\C=C1\N(C)c2ccccc2C1(C)C. The first kappa shape index (κ1) is 21.3. The van der Waals surface area contributed by atoms with Crippen molar-refractivity contribution in [3.8, 4) is 6.07 Å². The highest BCUT2D eigenvalue weighted by Crippen LogP contribution is 2.46. The normalized spacial score (nSPS) is 20.2. The molecule has 2 heterocycles. The Kier molecular flexibility index (Phi) is 5.31. The second kappa shape index (κ2) is 7.97. The molecule has 0 bridgehead atoms. The summed E-state index contributed by atoms with van der Waals surface area (Å²) in [5.74, 6) is -0.933. The Morgan fingerprint density at radius 2 is 1.62 bits per heavy atom. The van der Waals surface area contributed by atoms with Gasteiger partial charge in [0.05, 0.1) is 6.54 Å². The van der Waals surface area contributed by atoms with Crippen LogP contribution in [-0.4, -0.2) is 23.8 Å². The van der Waals surface area contributed by atoms with Gasteiger partial charge in [0.2, 0.25) is 0 Å². The van der Waals surface area contributed by atoms with Crippen molar-refractivity contribution in [2.75, 3.05) is 11.9 Å². The summed E-state index contributed by atoms with van der Waals surface area (Å²) in [4.78, 5) is 29.5. The number of likely N-dealkylation sites (N-methyl/N-ethyl adjacent to an activating group) is 1. The van der Waals surface area contributed by atoms with Gasteiger partial charge in [-0.1, -0.05) is 62.4 Å². The third-order valence-corrected chi connectivity index (χ3v) is 6.36. The Hall–Kier alpha value is -3.91. The number of nitriles is 1. The van der Waals surface area contributed by atoms with E-state index in [4.69, 9.17) is 0 Å². The van der Waals surface area contributed by atoms with Crippen molar-refractivity contribution in [2.24, 2.45) is 0 Å². The molecule has 2 aromatic rings. The van der Waals surface area contributed by atoms with E-state index in [-0.39, 0.29) is 23.4 Å². The number of hydrogen-bond acceptors (Lipinski definition) is 4. The number of fused-ring (bicyclic) bond motifs is 1. The lowest BCUT2D eigenvalue weighted by molar-refractivity contribution is -0.141. The van der Waals surface area contributed by atoms with E-state index in [1.807, 2.05) is 61.7 Å². The quantitative estimate of drug-likeness (QED) is 0.533. The number of para-hydroxylation sites is 1. The van der Waals surface area contributed by atoms with Gasteiger partial charge in [0.15, 0.2) is 0 Å². The van der Waals surface area contributed by atoms with E-state index < -0.39 is 5.91 Å². The Balaban J connectivity index is 1.77. The van der Waals surface area contributed by atoms with Gasteiger partial charge < -0.3 is 4.90 Å². The van der Waals surface area contributed by atoms with Crippen LogP contribution in [0, 0.1) is 11.3 Å². The van der Waals surface area contributed by atoms with Gasteiger partial charge in [-0.15, -0.1) is 0 Å². The largest absolute Gasteiger partial charge is 0.347 e. The number of benzene rings is 2. The predicted octanol–water partition coefficient (Wildman–Crippen LogP) is 4.63. The molecule has 5 nitrogen and oxygen atoms in total. The third-order valence-electron chi connectivity index (χ3n) is 6.36. The summed E-state index contributed by atoms with van der Waals surface area (Å²) in [6, 6.07) is 19.5. The Morgan fingerprint density at radius 1 is 0.969 bits per heavy atom. The molecular formula is C27H25N3O2. The van der Waals surface area contributed by atoms with Crippen LogP contribution in [0.4, 0.5) is 5.69 Å². The van der Waals surface area contributed by atoms with Gasteiger partial charge in [0, 0.05) is 29.4 Å². The number of carbonyl (C=O) groups is 2. The summed E-state index contributed by atoms with van der Waals surface area (Å²) in [5.41, 5.74) is 4.76. The molecule has 2 amide bonds. The van der Waals surface area contributed by atoms with E-state index >= 15 is 0 Å². The van der Waals surface area contributed by atoms with Gasteiger partial charge in [-0.2, -0.15) is 5.26 Å². The fourth-order valence-corrected chi connectivity index (χ4v) is 4.53. The molecule has 0 atom stereocenters. The van der Waals surface area contributed by atoms with Crippen molar-refractivity contribution in [1.82, 2.24) is 4.90 Å². The van der Waals surface area contributed by atoms with Crippen LogP contribution in [0.25, 0.3) is 0 Å². The summed E-state index contributed by atoms with van der Waals surface area (Å²) in [6.45, 7) is 6.09. The highest BCUT2D eigenvalue weighted by Gasteiger charge is 2.39. The van der Waals surface area contributed by atoms with Crippen molar-refractivity contribution in [3.63, 3.8) is 0 Å². The first-order chi connectivity index (χ1) is 15.3. The summed E-state index contributed by atoms with van der Waals surface area (Å²) >= 11 is 0. The number of rotatable bonds is 3. The summed E-state index contributed by atoms with van der Waals surface area (Å²) in [5, 5.41) is 9.63. The monoisotopic (exact) mass is 423 g/mol. The fraction of sp³-hybridized carbons (Fsp3) is 0.222. The van der Waals surface area contributed by atoms with Gasteiger partial charge in [0.1, 0.15) is 11.6 Å². The minimum absolute atomic E-state index is 0.00695. The molecule has 32 heavy (non-hydrogen) atoms. The number of carbonyl (C=O) groups excluding carboxylic acids is 2. The molecule has 2 aliphatic rings. The van der Waals surface area contributed by atoms with Gasteiger partial charge in [-0.25, -0.2) is 0 Å². The number of anilines is 1. The molecule has 4 rings (SSSR count). The lowest BCUT2D eigenvalue weighted by Gasteiger charge is -2.28. The highest BCUT2D eigenvalue weighted by molar-refractivity contribution is 6.18. The van der Waals surface area contributed by atoms with E-state index in [0.29, 0.717) is 11.1 Å². The van der Waals surface area contributed by atoms with Crippen molar-refractivity contribution in [1.29, 1.82) is 5.26 Å². The molecule has 5 heteroatoms. The minimum Gasteiger partial charge on any atom is -0.347 e. The zero-order chi connectivity index (χ0) is 23.0. The summed E-state index contributed by atoms with van der Waals surface area (Å²) in [6.07, 6.45) is 3.68. The van der Waals surface area contributed by atoms with E-state index in [9.17, 15) is 14.9 Å². The molecule has 0 radical (unpaired) electrons. The van der Waals surface area contributed by atoms with Crippen LogP contribution in [-0.2, 0) is 21.5 Å². The Morgan fingerprint density at radius 3 is 2.28 bits per heavy atom. The zero-order valence-electron chi connectivity index (χ0n) is 18.7. The van der Waals surface area contributed by atoms with Crippen LogP contribution < -0.4 is 4.90 Å². The molecule has 0 N–H and O–H groups in total. The highest BCUT2D eigenvalue weighted by atomic mass is 16.2. The lowest BCUT2D eigenvalue weighted by Crippen LogP contribution is -2.42. The van der Waals surface area contributed by atoms with E-state index in [1.54, 1.807) is 13.0 Å². The van der Waals surface area contributed by atoms with Crippen LogP contribution in [0.5, 0.6) is 0 Å². The maximum atomic E-state index is 13.3. The van der Waals surface area contributed by atoms with Gasteiger partial charge in [-0.05, 0) is 41.8 Å². The molecule has 0 fully saturated rings. The van der Waals surface area contributed by atoms with Crippen LogP contribution in [0.2, 0.25) is 0 Å². The van der Waals surface area contributed by atoms with E-state index in [1.165, 1.54) is 5.56 Å². The summed E-state index contributed by atoms with van der Waals surface area (Å²) in [7, 11) is 2.01. The number of amides is 2. The average molecular weight is 424 g/mol. The molecule has 0 aliphatic carbocycles. The molecule has 0 saturated carbocycles. The molecule has 2 aliphatic heterocycles. The van der Waals surface area contributed by atoms with Crippen molar-refractivity contribution in [2.45, 2.75) is 32.7 Å². The standard InChI is InChI=1S/C27H25N3O2/c1-18-20(14-15-24-27(2,3)22-12-8-9-13-23(22)29(24)4)25(31)30(26(32)21(18)16-28)17-19-10-6-5-7-11-19/h5-15H,17H2,1-4H3/b20-14-,24-15+. The summed E-state index contributed by atoms with van der Waals surface area (Å²) < 4.78 is 0. The Labute approximate surface area is 188 Å². The molecular weight excluding hydrogens is 398 g/mol. The fourth-order valence-electron chi connectivity index (χ4n) is 4.53. The predicted molar refractivity (Wildman–Crippen MR) is 124 cm³/mol. The number of nitrogens with zero attached hydrogens (tertiary/aromatic N) is 3. The number of hydrogen-bond donors (Lipinski definition) is 0. The Bertz CT molecular complexity index is 1240. The molecule has 0 saturated heterocycles. The molecule has 2 aromatic carbocycles. The second-order valence-electron chi connectivity index (χ2n) is 8.63. The first-order valence-electron chi connectivity index (χ1n) is 10.5. The van der Waals surface area contributed by atoms with Crippen molar-refractivity contribution >= 4 is 17.5 Å². The molecule has 160 valence electrons. The zero-order valence-corrected chi connectivity index (χ0v) is 18.7. The van der Waals surface area contributed by atoms with Gasteiger partial charge in [-0.3, -0.25) is 14.5 Å². The maximum absolute atomic E-state index is 13.3. The molecule has 0 aromatic heterocycles. The van der Waals surface area contributed by atoms with Gasteiger partial charge >= 0.3 is 0 Å². The van der Waals surface area contributed by atoms with Gasteiger partial charge in [0.25, 0.3) is 11.8 Å². The maximum Gasteiger partial charge on any atom is 0.271 e. The number of allylic oxidation sites excluding steroid dienone is 3. The van der Waals surface area contributed by atoms with E-state index in [2.05, 4.69) is 30.9 Å². The topological polar surface area (TPSA) is 64.4 Å². The van der Waals surface area contributed by atoms with E-state index in [0.717, 1.165) is 21.8 Å². The van der Waals surface area contributed by atoms with Crippen LogP contribution in [0.3, 0.4) is 0 Å². The molecule has 0 spiro atoms. The third kappa shape index (κ3) is 3.34. The average Bonchev–Trinajstić information content (AvgIpc) is 2.98. The number of imide groups is 1. The molecule has 0 unspecified atom stereocenters. The lowest BCUT2D eigenvalue weighted by atomic mass is 9.83. The van der Waals surface area contributed by atoms with Crippen molar-refractivity contribution < 1.29 is 9.59 Å². The second-order valence-corrected chi connectivity index (χ2v) is 8.63.